The molecule has 0 spiro atoms. The molecule has 4 heteroatoms. The van der Waals surface area contributed by atoms with Crippen molar-refractivity contribution in [3.8, 4) is 11.3 Å². The van der Waals surface area contributed by atoms with E-state index in [-0.39, 0.29) is 11.3 Å². The molecule has 0 radical (unpaired) electrons. The van der Waals surface area contributed by atoms with E-state index in [1.165, 1.54) is 24.3 Å². The Morgan fingerprint density at radius 1 is 1.11 bits per heavy atom. The quantitative estimate of drug-likeness (QED) is 0.738. The number of rotatable bonds is 1. The first kappa shape index (κ1) is 6.92. The fraction of sp³-hybridized carbons (Fsp3) is 0.214. The average Bonchev–Trinajstić information content (AvgIpc) is 2.44. The lowest BCUT2D eigenvalue weighted by Crippen LogP contribution is -2.08. The molecule has 2 rings (SSSR count). The van der Waals surface area contributed by atoms with E-state index in [4.69, 9.17) is 8.22 Å². The zero-order valence-corrected chi connectivity index (χ0v) is 9.05. The summed E-state index contributed by atoms with van der Waals surface area (Å²) in [7, 11) is 0. The maximum absolute atomic E-state index is 12.9. The normalized spacial score (nSPS) is 17.9. The SMILES string of the molecule is [2H]C([2H])([2H])c1ccc(-c2cc(C([2H])([2H])[2H])c(C(F)(F)F)cn2)cc1. The molecule has 0 aliphatic carbocycles. The Bertz CT molecular complexity index is 732. The summed E-state index contributed by atoms with van der Waals surface area (Å²) in [5, 5.41) is 0. The predicted molar refractivity (Wildman–Crippen MR) is 64.1 cm³/mol. The summed E-state index contributed by atoms with van der Waals surface area (Å²) in [6.07, 6.45) is -4.35. The third-order valence-electron chi connectivity index (χ3n) is 2.39. The van der Waals surface area contributed by atoms with Crippen molar-refractivity contribution in [3.63, 3.8) is 0 Å². The van der Waals surface area contributed by atoms with E-state index in [0.29, 0.717) is 11.8 Å². The molecular formula is C14H12F3N. The highest BCUT2D eigenvalue weighted by atomic mass is 19.4. The van der Waals surface area contributed by atoms with Crippen LogP contribution >= 0.6 is 0 Å². The second-order valence-corrected chi connectivity index (χ2v) is 3.69. The van der Waals surface area contributed by atoms with Gasteiger partial charge in [-0.1, -0.05) is 29.8 Å². The van der Waals surface area contributed by atoms with Crippen LogP contribution in [0.5, 0.6) is 0 Å². The van der Waals surface area contributed by atoms with Crippen LogP contribution in [0.25, 0.3) is 11.3 Å². The van der Waals surface area contributed by atoms with Crippen LogP contribution in [0.3, 0.4) is 0 Å². The van der Waals surface area contributed by atoms with E-state index in [1.54, 1.807) is 0 Å². The van der Waals surface area contributed by atoms with E-state index in [9.17, 15) is 13.2 Å². The molecule has 1 aromatic carbocycles. The lowest BCUT2D eigenvalue weighted by molar-refractivity contribution is -0.138. The number of hydrogen-bond donors (Lipinski definition) is 0. The van der Waals surface area contributed by atoms with Crippen molar-refractivity contribution in [1.29, 1.82) is 0 Å². The van der Waals surface area contributed by atoms with Gasteiger partial charge in [-0.05, 0) is 25.3 Å². The highest BCUT2D eigenvalue weighted by Gasteiger charge is 2.32. The van der Waals surface area contributed by atoms with Gasteiger partial charge in [0, 0.05) is 20.0 Å². The summed E-state index contributed by atoms with van der Waals surface area (Å²) in [6, 6.07) is 6.22. The third kappa shape index (κ3) is 2.53. The first-order valence-electron chi connectivity index (χ1n) is 7.99. The second kappa shape index (κ2) is 4.44. The maximum Gasteiger partial charge on any atom is 0.418 e. The Balaban J connectivity index is 2.53. The Hall–Kier alpha value is -1.84. The van der Waals surface area contributed by atoms with Gasteiger partial charge in [0.15, 0.2) is 0 Å². The molecule has 0 saturated heterocycles. The molecule has 1 aromatic heterocycles. The predicted octanol–water partition coefficient (Wildman–Crippen LogP) is 4.38. The number of aromatic nitrogens is 1. The van der Waals surface area contributed by atoms with E-state index in [2.05, 4.69) is 4.98 Å². The number of nitrogens with zero attached hydrogens (tertiary/aromatic N) is 1. The molecule has 18 heavy (non-hydrogen) atoms. The van der Waals surface area contributed by atoms with Crippen LogP contribution in [0.2, 0.25) is 0 Å². The second-order valence-electron chi connectivity index (χ2n) is 3.69. The summed E-state index contributed by atoms with van der Waals surface area (Å²) < 4.78 is 82.6. The maximum atomic E-state index is 12.9. The molecule has 0 fully saturated rings. The molecule has 94 valence electrons. The monoisotopic (exact) mass is 257 g/mol. The van der Waals surface area contributed by atoms with Crippen molar-refractivity contribution in [2.45, 2.75) is 19.9 Å². The van der Waals surface area contributed by atoms with Crippen molar-refractivity contribution in [1.82, 2.24) is 4.98 Å². The van der Waals surface area contributed by atoms with Gasteiger partial charge in [0.05, 0.1) is 11.3 Å². The van der Waals surface area contributed by atoms with Crippen molar-refractivity contribution in [2.24, 2.45) is 0 Å². The van der Waals surface area contributed by atoms with Crippen LogP contribution in [0.1, 0.15) is 24.9 Å². The number of hydrogen-bond acceptors (Lipinski definition) is 1. The van der Waals surface area contributed by atoms with E-state index in [0.717, 1.165) is 6.07 Å². The standard InChI is InChI=1S/C14H12F3N/c1-9-3-5-11(6-4-9)13-7-10(2)12(8-18-13)14(15,16)17/h3-8H,1-2H3/i1D3,2D3. The van der Waals surface area contributed by atoms with Gasteiger partial charge in [-0.2, -0.15) is 13.2 Å². The van der Waals surface area contributed by atoms with Gasteiger partial charge in [-0.3, -0.25) is 4.98 Å². The molecule has 0 N–H and O–H groups in total. The third-order valence-corrected chi connectivity index (χ3v) is 2.39. The molecule has 1 nitrogen and oxygen atoms in total. The molecule has 0 amide bonds. The molecule has 0 aliphatic heterocycles. The smallest absolute Gasteiger partial charge is 0.256 e. The number of alkyl halides is 3. The Kier molecular flexibility index (Phi) is 1.71. The zero-order chi connectivity index (χ0) is 18.3. The molecule has 0 saturated carbocycles. The lowest BCUT2D eigenvalue weighted by Gasteiger charge is -2.11. The van der Waals surface area contributed by atoms with Crippen LogP contribution in [-0.2, 0) is 6.18 Å². The van der Waals surface area contributed by atoms with Gasteiger partial charge < -0.3 is 0 Å². The van der Waals surface area contributed by atoms with Gasteiger partial charge in [0.25, 0.3) is 0 Å². The highest BCUT2D eigenvalue weighted by Crippen LogP contribution is 2.32. The summed E-state index contributed by atoms with van der Waals surface area (Å²) in [6.45, 7) is -5.27. The number of pyridine rings is 1. The molecule has 0 unspecified atom stereocenters. The molecule has 2 aromatic rings. The topological polar surface area (TPSA) is 12.9 Å². The van der Waals surface area contributed by atoms with Crippen molar-refractivity contribution in [3.05, 3.63) is 53.2 Å². The van der Waals surface area contributed by atoms with Crippen molar-refractivity contribution < 1.29 is 21.4 Å². The average molecular weight is 257 g/mol. The van der Waals surface area contributed by atoms with Gasteiger partial charge in [-0.15, -0.1) is 0 Å². The first-order chi connectivity index (χ1) is 10.8. The van der Waals surface area contributed by atoms with E-state index < -0.39 is 31.0 Å². The van der Waals surface area contributed by atoms with Crippen molar-refractivity contribution >= 4 is 0 Å². The first-order valence-corrected chi connectivity index (χ1v) is 4.99. The molecule has 1 heterocycles. The summed E-state index contributed by atoms with van der Waals surface area (Å²) in [5.41, 5.74) is -1.76. The lowest BCUT2D eigenvalue weighted by atomic mass is 10.1. The van der Waals surface area contributed by atoms with Crippen LogP contribution in [0, 0.1) is 13.7 Å². The minimum absolute atomic E-state index is 0.0196. The Labute approximate surface area is 112 Å². The van der Waals surface area contributed by atoms with Gasteiger partial charge in [0.2, 0.25) is 0 Å². The molecule has 0 atom stereocenters. The Morgan fingerprint density at radius 3 is 2.39 bits per heavy atom. The minimum Gasteiger partial charge on any atom is -0.256 e. The van der Waals surface area contributed by atoms with E-state index in [1.807, 2.05) is 0 Å². The number of benzene rings is 1. The minimum atomic E-state index is -4.83. The molecular weight excluding hydrogens is 239 g/mol. The van der Waals surface area contributed by atoms with Crippen LogP contribution in [0.4, 0.5) is 13.2 Å². The van der Waals surface area contributed by atoms with Crippen LogP contribution in [-0.4, -0.2) is 4.98 Å². The zero-order valence-electron chi connectivity index (χ0n) is 15.0. The molecule has 0 bridgehead atoms. The van der Waals surface area contributed by atoms with Gasteiger partial charge >= 0.3 is 6.18 Å². The fourth-order valence-corrected chi connectivity index (χ4v) is 1.48. The van der Waals surface area contributed by atoms with Gasteiger partial charge in [-0.25, -0.2) is 0 Å². The van der Waals surface area contributed by atoms with Crippen LogP contribution in [0.15, 0.2) is 36.5 Å². The summed E-state index contributed by atoms with van der Waals surface area (Å²) in [5.74, 6) is 0. The largest absolute Gasteiger partial charge is 0.418 e. The van der Waals surface area contributed by atoms with Crippen LogP contribution < -0.4 is 0 Å². The fourth-order valence-electron chi connectivity index (χ4n) is 1.48. The summed E-state index contributed by atoms with van der Waals surface area (Å²) >= 11 is 0. The van der Waals surface area contributed by atoms with Crippen molar-refractivity contribution in [2.75, 3.05) is 0 Å². The van der Waals surface area contributed by atoms with Gasteiger partial charge in [0.1, 0.15) is 0 Å². The molecule has 0 aliphatic rings. The highest BCUT2D eigenvalue weighted by molar-refractivity contribution is 5.60. The Morgan fingerprint density at radius 2 is 1.83 bits per heavy atom. The number of aryl methyl sites for hydroxylation is 2. The number of halogens is 3. The summed E-state index contributed by atoms with van der Waals surface area (Å²) in [4.78, 5) is 3.67. The van der Waals surface area contributed by atoms with E-state index >= 15 is 0 Å².